The topological polar surface area (TPSA) is 63.7 Å². The molecule has 150 valence electrons. The number of carbonyl (C=O) groups is 1. The summed E-state index contributed by atoms with van der Waals surface area (Å²) >= 11 is 0. The van der Waals surface area contributed by atoms with E-state index >= 15 is 0 Å². The van der Waals surface area contributed by atoms with Gasteiger partial charge in [-0.05, 0) is 62.2 Å². The number of hydrogen-bond donors (Lipinski definition) is 0. The van der Waals surface area contributed by atoms with Gasteiger partial charge in [0, 0.05) is 0 Å². The SMILES string of the molecule is Cc1ccc(OCC(=O)N(c2cccc(C)c2C)S(=O)(=O)c2ccccc2)cc1. The molecule has 0 aliphatic carbocycles. The molecule has 0 fully saturated rings. The van der Waals surface area contributed by atoms with Crippen molar-refractivity contribution in [3.63, 3.8) is 0 Å². The molecule has 0 radical (unpaired) electrons. The van der Waals surface area contributed by atoms with E-state index in [4.69, 9.17) is 4.74 Å². The van der Waals surface area contributed by atoms with Crippen molar-refractivity contribution in [3.8, 4) is 5.75 Å². The zero-order valence-corrected chi connectivity index (χ0v) is 17.4. The second kappa shape index (κ2) is 8.49. The van der Waals surface area contributed by atoms with Gasteiger partial charge < -0.3 is 4.74 Å². The number of ether oxygens (including phenoxy) is 1. The third-order valence-corrected chi connectivity index (χ3v) is 6.44. The molecule has 0 aromatic heterocycles. The number of aryl methyl sites for hydroxylation is 2. The average molecular weight is 410 g/mol. The fraction of sp³-hybridized carbons (Fsp3) is 0.174. The Morgan fingerprint density at radius 2 is 1.52 bits per heavy atom. The Bertz CT molecular complexity index is 1110. The summed E-state index contributed by atoms with van der Waals surface area (Å²) in [6.07, 6.45) is 0. The van der Waals surface area contributed by atoms with Gasteiger partial charge in [0.1, 0.15) is 5.75 Å². The van der Waals surface area contributed by atoms with Crippen molar-refractivity contribution >= 4 is 21.6 Å². The van der Waals surface area contributed by atoms with Gasteiger partial charge in [-0.25, -0.2) is 8.42 Å². The number of nitrogens with zero attached hydrogens (tertiary/aromatic N) is 1. The van der Waals surface area contributed by atoms with Crippen LogP contribution in [0.3, 0.4) is 0 Å². The summed E-state index contributed by atoms with van der Waals surface area (Å²) < 4.78 is 33.1. The Labute approximate surface area is 171 Å². The van der Waals surface area contributed by atoms with E-state index in [2.05, 4.69) is 0 Å². The van der Waals surface area contributed by atoms with Crippen molar-refractivity contribution in [3.05, 3.63) is 89.5 Å². The molecular formula is C23H23NO4S. The van der Waals surface area contributed by atoms with Crippen molar-refractivity contribution in [2.75, 3.05) is 10.9 Å². The van der Waals surface area contributed by atoms with Crippen LogP contribution in [0.2, 0.25) is 0 Å². The molecule has 0 aliphatic rings. The molecule has 3 aromatic carbocycles. The lowest BCUT2D eigenvalue weighted by molar-refractivity contribution is -0.119. The van der Waals surface area contributed by atoms with Crippen molar-refractivity contribution < 1.29 is 17.9 Å². The van der Waals surface area contributed by atoms with E-state index in [9.17, 15) is 13.2 Å². The molecule has 0 unspecified atom stereocenters. The highest BCUT2D eigenvalue weighted by molar-refractivity contribution is 7.93. The Hall–Kier alpha value is -3.12. The van der Waals surface area contributed by atoms with E-state index < -0.39 is 22.5 Å². The minimum absolute atomic E-state index is 0.0459. The van der Waals surface area contributed by atoms with E-state index in [1.54, 1.807) is 49.4 Å². The van der Waals surface area contributed by atoms with Crippen molar-refractivity contribution in [2.45, 2.75) is 25.7 Å². The van der Waals surface area contributed by atoms with Crippen LogP contribution in [-0.2, 0) is 14.8 Å². The first kappa shape index (κ1) is 20.6. The highest BCUT2D eigenvalue weighted by Gasteiger charge is 2.32. The molecule has 0 N–H and O–H groups in total. The molecule has 3 rings (SSSR count). The van der Waals surface area contributed by atoms with Gasteiger partial charge >= 0.3 is 0 Å². The maximum absolute atomic E-state index is 13.3. The van der Waals surface area contributed by atoms with Crippen LogP contribution >= 0.6 is 0 Å². The minimum Gasteiger partial charge on any atom is -0.484 e. The summed E-state index contributed by atoms with van der Waals surface area (Å²) in [6.45, 7) is 5.22. The smallest absolute Gasteiger partial charge is 0.278 e. The van der Waals surface area contributed by atoms with Crippen LogP contribution in [0.5, 0.6) is 5.75 Å². The van der Waals surface area contributed by atoms with Crippen LogP contribution in [0.15, 0.2) is 77.7 Å². The Balaban J connectivity index is 1.99. The first-order valence-corrected chi connectivity index (χ1v) is 10.6. The van der Waals surface area contributed by atoms with Crippen LogP contribution in [0, 0.1) is 20.8 Å². The molecular weight excluding hydrogens is 386 g/mol. The molecule has 0 aliphatic heterocycles. The zero-order valence-electron chi connectivity index (χ0n) is 16.6. The van der Waals surface area contributed by atoms with Gasteiger partial charge in [0.2, 0.25) is 0 Å². The molecule has 6 heteroatoms. The second-order valence-electron chi connectivity index (χ2n) is 6.80. The number of carbonyl (C=O) groups excluding carboxylic acids is 1. The highest BCUT2D eigenvalue weighted by Crippen LogP contribution is 2.29. The van der Waals surface area contributed by atoms with Crippen LogP contribution in [-0.4, -0.2) is 20.9 Å². The zero-order chi connectivity index (χ0) is 21.0. The van der Waals surface area contributed by atoms with Crippen LogP contribution in [0.4, 0.5) is 5.69 Å². The number of rotatable bonds is 6. The predicted octanol–water partition coefficient (Wildman–Crippen LogP) is 4.41. The van der Waals surface area contributed by atoms with E-state index in [1.165, 1.54) is 12.1 Å². The Morgan fingerprint density at radius 1 is 0.862 bits per heavy atom. The standard InChI is InChI=1S/C23H23NO4S/c1-17-12-14-20(15-13-17)28-16-23(25)24(22-11-7-8-18(2)19(22)3)29(26,27)21-9-5-4-6-10-21/h4-15H,16H2,1-3H3. The third-order valence-electron chi connectivity index (χ3n) is 4.69. The molecule has 5 nitrogen and oxygen atoms in total. The summed E-state index contributed by atoms with van der Waals surface area (Å²) in [5.74, 6) is -0.162. The number of hydrogen-bond acceptors (Lipinski definition) is 4. The third kappa shape index (κ3) is 4.49. The largest absolute Gasteiger partial charge is 0.484 e. The first-order valence-electron chi connectivity index (χ1n) is 9.19. The lowest BCUT2D eigenvalue weighted by Gasteiger charge is -2.25. The Morgan fingerprint density at radius 3 is 2.17 bits per heavy atom. The van der Waals surface area contributed by atoms with E-state index in [0.29, 0.717) is 11.4 Å². The highest BCUT2D eigenvalue weighted by atomic mass is 32.2. The minimum atomic E-state index is -4.10. The summed E-state index contributed by atoms with van der Waals surface area (Å²) in [6, 6.07) is 20.4. The number of sulfonamides is 1. The van der Waals surface area contributed by atoms with Gasteiger partial charge in [0.15, 0.2) is 6.61 Å². The number of benzene rings is 3. The van der Waals surface area contributed by atoms with Crippen molar-refractivity contribution in [1.29, 1.82) is 0 Å². The maximum Gasteiger partial charge on any atom is 0.278 e. The Kier molecular flexibility index (Phi) is 6.03. The molecule has 0 spiro atoms. The van der Waals surface area contributed by atoms with Gasteiger partial charge in [0.05, 0.1) is 10.6 Å². The fourth-order valence-electron chi connectivity index (χ4n) is 2.89. The lowest BCUT2D eigenvalue weighted by Crippen LogP contribution is -2.40. The molecule has 0 atom stereocenters. The average Bonchev–Trinajstić information content (AvgIpc) is 2.71. The molecule has 29 heavy (non-hydrogen) atoms. The van der Waals surface area contributed by atoms with E-state index in [0.717, 1.165) is 21.0 Å². The van der Waals surface area contributed by atoms with Gasteiger partial charge in [-0.2, -0.15) is 4.31 Å². The van der Waals surface area contributed by atoms with Gasteiger partial charge in [-0.1, -0.05) is 48.0 Å². The lowest BCUT2D eigenvalue weighted by atomic mass is 10.1. The second-order valence-corrected chi connectivity index (χ2v) is 8.58. The number of amides is 1. The monoisotopic (exact) mass is 409 g/mol. The molecule has 0 heterocycles. The summed E-state index contributed by atoms with van der Waals surface area (Å²) in [5.41, 5.74) is 3.00. The first-order chi connectivity index (χ1) is 13.8. The summed E-state index contributed by atoms with van der Waals surface area (Å²) in [7, 11) is -4.10. The molecule has 0 bridgehead atoms. The molecule has 3 aromatic rings. The van der Waals surface area contributed by atoms with Crippen molar-refractivity contribution in [2.24, 2.45) is 0 Å². The van der Waals surface area contributed by atoms with E-state index in [-0.39, 0.29) is 4.90 Å². The van der Waals surface area contributed by atoms with E-state index in [1.807, 2.05) is 32.0 Å². The van der Waals surface area contributed by atoms with Gasteiger partial charge in [-0.15, -0.1) is 0 Å². The predicted molar refractivity (Wildman–Crippen MR) is 114 cm³/mol. The quantitative estimate of drug-likeness (QED) is 0.605. The summed E-state index contributed by atoms with van der Waals surface area (Å²) in [5, 5.41) is 0. The van der Waals surface area contributed by atoms with Crippen LogP contribution in [0.1, 0.15) is 16.7 Å². The van der Waals surface area contributed by atoms with Crippen LogP contribution in [0.25, 0.3) is 0 Å². The summed E-state index contributed by atoms with van der Waals surface area (Å²) in [4.78, 5) is 13.1. The number of anilines is 1. The van der Waals surface area contributed by atoms with Gasteiger partial charge in [-0.3, -0.25) is 4.79 Å². The van der Waals surface area contributed by atoms with Crippen molar-refractivity contribution in [1.82, 2.24) is 0 Å². The molecule has 0 saturated heterocycles. The molecule has 0 saturated carbocycles. The van der Waals surface area contributed by atoms with Gasteiger partial charge in [0.25, 0.3) is 15.9 Å². The molecule has 1 amide bonds. The maximum atomic E-state index is 13.3. The van der Waals surface area contributed by atoms with Crippen LogP contribution < -0.4 is 9.04 Å². The fourth-order valence-corrected chi connectivity index (χ4v) is 4.38. The normalized spacial score (nSPS) is 11.1.